The summed E-state index contributed by atoms with van der Waals surface area (Å²) in [5.41, 5.74) is 2.06. The molecule has 4 aromatic rings. The summed E-state index contributed by atoms with van der Waals surface area (Å²) in [4.78, 5) is 25.5. The van der Waals surface area contributed by atoms with Gasteiger partial charge < -0.3 is 19.6 Å². The Morgan fingerprint density at radius 3 is 2.18 bits per heavy atom. The number of piperidine rings is 1. The van der Waals surface area contributed by atoms with Gasteiger partial charge in [-0.05, 0) is 49.3 Å². The summed E-state index contributed by atoms with van der Waals surface area (Å²) < 4.78 is 5.92. The number of fused-ring (bicyclic) bond motifs is 1. The highest BCUT2D eigenvalue weighted by Crippen LogP contribution is 2.41. The van der Waals surface area contributed by atoms with E-state index in [4.69, 9.17) is 29.3 Å². The van der Waals surface area contributed by atoms with Gasteiger partial charge in [-0.1, -0.05) is 78.0 Å². The molecule has 0 spiro atoms. The molecule has 8 heteroatoms. The first-order valence-electron chi connectivity index (χ1n) is 10.9. The van der Waals surface area contributed by atoms with Crippen LogP contribution in [0.15, 0.2) is 77.3 Å². The van der Waals surface area contributed by atoms with E-state index in [-0.39, 0.29) is 5.41 Å². The zero-order chi connectivity index (χ0) is 24.1. The number of rotatable bonds is 3. The SMILES string of the molecule is CN1CCC(c2ccccc2)(c2nc(-c3cccc4ccccc34)no2)CC1.O=C(O)C(=O)O. The average Bonchev–Trinajstić information content (AvgIpc) is 3.36. The summed E-state index contributed by atoms with van der Waals surface area (Å²) in [6, 6.07) is 25.2. The molecule has 1 aliphatic rings. The van der Waals surface area contributed by atoms with Crippen molar-refractivity contribution in [3.63, 3.8) is 0 Å². The van der Waals surface area contributed by atoms with Crippen LogP contribution in [-0.2, 0) is 15.0 Å². The molecule has 1 aliphatic heterocycles. The number of aromatic nitrogens is 2. The third-order valence-corrected chi connectivity index (χ3v) is 6.22. The largest absolute Gasteiger partial charge is 0.473 e. The summed E-state index contributed by atoms with van der Waals surface area (Å²) in [6.07, 6.45) is 1.95. The number of hydrogen-bond donors (Lipinski definition) is 2. The highest BCUT2D eigenvalue weighted by atomic mass is 16.5. The molecule has 1 fully saturated rings. The van der Waals surface area contributed by atoms with Gasteiger partial charge in [0, 0.05) is 5.56 Å². The molecule has 0 saturated carbocycles. The first-order valence-corrected chi connectivity index (χ1v) is 10.9. The maximum Gasteiger partial charge on any atom is 0.414 e. The number of aliphatic carboxylic acids is 2. The van der Waals surface area contributed by atoms with E-state index in [0.29, 0.717) is 5.82 Å². The number of carbonyl (C=O) groups is 2. The Morgan fingerprint density at radius 2 is 1.50 bits per heavy atom. The summed E-state index contributed by atoms with van der Waals surface area (Å²) in [6.45, 7) is 2.03. The lowest BCUT2D eigenvalue weighted by molar-refractivity contribution is -0.159. The van der Waals surface area contributed by atoms with Crippen molar-refractivity contribution in [3.05, 3.63) is 84.3 Å². The summed E-state index contributed by atoms with van der Waals surface area (Å²) >= 11 is 0. The third-order valence-electron chi connectivity index (χ3n) is 6.22. The van der Waals surface area contributed by atoms with Crippen LogP contribution < -0.4 is 0 Å². The van der Waals surface area contributed by atoms with E-state index in [1.807, 2.05) is 0 Å². The number of carboxylic acid groups (broad SMARTS) is 2. The molecular weight excluding hydrogens is 434 g/mol. The highest BCUT2D eigenvalue weighted by molar-refractivity contribution is 6.27. The van der Waals surface area contributed by atoms with Crippen LogP contribution in [0.5, 0.6) is 0 Å². The molecule has 2 N–H and O–H groups in total. The number of likely N-dealkylation sites (tertiary alicyclic amines) is 1. The molecule has 1 saturated heterocycles. The van der Waals surface area contributed by atoms with Crippen LogP contribution in [0.4, 0.5) is 0 Å². The van der Waals surface area contributed by atoms with Crippen LogP contribution in [0.3, 0.4) is 0 Å². The maximum atomic E-state index is 9.10. The van der Waals surface area contributed by atoms with Gasteiger partial charge in [0.1, 0.15) is 0 Å². The summed E-state index contributed by atoms with van der Waals surface area (Å²) in [5.74, 6) is -2.25. The van der Waals surface area contributed by atoms with Crippen molar-refractivity contribution in [1.29, 1.82) is 0 Å². The van der Waals surface area contributed by atoms with Crippen molar-refractivity contribution in [1.82, 2.24) is 15.0 Å². The van der Waals surface area contributed by atoms with Gasteiger partial charge in [-0.25, -0.2) is 9.59 Å². The van der Waals surface area contributed by atoms with Crippen LogP contribution in [0.2, 0.25) is 0 Å². The minimum absolute atomic E-state index is 0.219. The van der Waals surface area contributed by atoms with Crippen LogP contribution >= 0.6 is 0 Å². The topological polar surface area (TPSA) is 117 Å². The Hall–Kier alpha value is -4.04. The van der Waals surface area contributed by atoms with Crippen LogP contribution in [0.1, 0.15) is 24.3 Å². The van der Waals surface area contributed by atoms with E-state index in [2.05, 4.69) is 89.9 Å². The highest BCUT2D eigenvalue weighted by Gasteiger charge is 2.42. The Labute approximate surface area is 196 Å². The Bertz CT molecular complexity index is 1280. The molecule has 8 nitrogen and oxygen atoms in total. The lowest BCUT2D eigenvalue weighted by Gasteiger charge is -2.38. The van der Waals surface area contributed by atoms with Gasteiger partial charge in [-0.15, -0.1) is 0 Å². The van der Waals surface area contributed by atoms with Gasteiger partial charge in [0.05, 0.1) is 5.41 Å². The van der Waals surface area contributed by atoms with E-state index in [1.54, 1.807) is 0 Å². The number of nitrogens with zero attached hydrogens (tertiary/aromatic N) is 3. The zero-order valence-electron chi connectivity index (χ0n) is 18.7. The molecule has 5 rings (SSSR count). The first kappa shape index (κ1) is 23.1. The van der Waals surface area contributed by atoms with E-state index in [0.717, 1.165) is 42.8 Å². The predicted octanol–water partition coefficient (Wildman–Crippen LogP) is 4.06. The Kier molecular flexibility index (Phi) is 6.70. The van der Waals surface area contributed by atoms with Crippen molar-refractivity contribution in [2.75, 3.05) is 20.1 Å². The number of benzene rings is 3. The van der Waals surface area contributed by atoms with Gasteiger partial charge in [0.2, 0.25) is 11.7 Å². The second-order valence-electron chi connectivity index (χ2n) is 8.31. The first-order chi connectivity index (χ1) is 16.4. The van der Waals surface area contributed by atoms with Crippen LogP contribution in [0.25, 0.3) is 22.2 Å². The standard InChI is InChI=1S/C24H23N3O.C2H2O4/c1-27-16-14-24(15-17-27,19-10-3-2-4-11-19)23-25-22(26-28-23)21-13-7-9-18-8-5-6-12-20(18)21;3-1(4)2(5)6/h2-13H,14-17H2,1H3;(H,3,4)(H,5,6). The number of hydrogen-bond acceptors (Lipinski definition) is 6. The second-order valence-corrected chi connectivity index (χ2v) is 8.31. The molecular formula is C26H25N3O5. The average molecular weight is 460 g/mol. The molecule has 0 atom stereocenters. The monoisotopic (exact) mass is 459 g/mol. The molecule has 3 aromatic carbocycles. The molecule has 0 radical (unpaired) electrons. The lowest BCUT2D eigenvalue weighted by atomic mass is 9.72. The molecule has 1 aromatic heterocycles. The van der Waals surface area contributed by atoms with E-state index >= 15 is 0 Å². The molecule has 34 heavy (non-hydrogen) atoms. The summed E-state index contributed by atoms with van der Waals surface area (Å²) in [5, 5.41) is 21.5. The Balaban J connectivity index is 0.000000408. The van der Waals surface area contributed by atoms with Crippen LogP contribution in [0, 0.1) is 0 Å². The third kappa shape index (κ3) is 4.67. The molecule has 2 heterocycles. The fourth-order valence-electron chi connectivity index (χ4n) is 4.33. The van der Waals surface area contributed by atoms with Crippen molar-refractivity contribution >= 4 is 22.7 Å². The second kappa shape index (κ2) is 9.84. The van der Waals surface area contributed by atoms with Gasteiger partial charge in [0.15, 0.2) is 0 Å². The van der Waals surface area contributed by atoms with Crippen molar-refractivity contribution in [2.45, 2.75) is 18.3 Å². The predicted molar refractivity (Wildman–Crippen MR) is 126 cm³/mol. The fourth-order valence-corrected chi connectivity index (χ4v) is 4.33. The number of carboxylic acids is 2. The van der Waals surface area contributed by atoms with Crippen LogP contribution in [-0.4, -0.2) is 57.3 Å². The molecule has 0 bridgehead atoms. The quantitative estimate of drug-likeness (QED) is 0.441. The zero-order valence-corrected chi connectivity index (χ0v) is 18.7. The maximum absolute atomic E-state index is 9.10. The lowest BCUT2D eigenvalue weighted by Crippen LogP contribution is -2.41. The minimum atomic E-state index is -1.82. The van der Waals surface area contributed by atoms with Gasteiger partial charge in [-0.3, -0.25) is 0 Å². The van der Waals surface area contributed by atoms with Gasteiger partial charge in [-0.2, -0.15) is 4.98 Å². The summed E-state index contributed by atoms with van der Waals surface area (Å²) in [7, 11) is 2.17. The van der Waals surface area contributed by atoms with Gasteiger partial charge >= 0.3 is 11.9 Å². The molecule has 0 aliphatic carbocycles. The van der Waals surface area contributed by atoms with Crippen molar-refractivity contribution in [2.24, 2.45) is 0 Å². The molecule has 174 valence electrons. The van der Waals surface area contributed by atoms with Crippen molar-refractivity contribution < 1.29 is 24.3 Å². The minimum Gasteiger partial charge on any atom is -0.473 e. The van der Waals surface area contributed by atoms with E-state index in [1.165, 1.54) is 10.9 Å². The molecule has 0 amide bonds. The van der Waals surface area contributed by atoms with Crippen molar-refractivity contribution in [3.8, 4) is 11.4 Å². The fraction of sp³-hybridized carbons (Fsp3) is 0.231. The normalized spacial score (nSPS) is 15.3. The van der Waals surface area contributed by atoms with E-state index < -0.39 is 11.9 Å². The van der Waals surface area contributed by atoms with E-state index in [9.17, 15) is 0 Å². The molecule has 0 unspecified atom stereocenters. The Morgan fingerprint density at radius 1 is 0.882 bits per heavy atom. The van der Waals surface area contributed by atoms with Gasteiger partial charge in [0.25, 0.3) is 0 Å². The smallest absolute Gasteiger partial charge is 0.414 e.